The number of hydrogen-bond acceptors (Lipinski definition) is 5. The molecule has 1 aliphatic rings. The smallest absolute Gasteiger partial charge is 0.243 e. The summed E-state index contributed by atoms with van der Waals surface area (Å²) in [5.74, 6) is 1.10. The molecule has 31 heavy (non-hydrogen) atoms. The molecular formula is C24H24ClN3O3. The van der Waals surface area contributed by atoms with Gasteiger partial charge in [0.1, 0.15) is 5.75 Å². The van der Waals surface area contributed by atoms with Crippen molar-refractivity contribution in [3.63, 3.8) is 0 Å². The van der Waals surface area contributed by atoms with Crippen LogP contribution in [0, 0.1) is 0 Å². The third kappa shape index (κ3) is 5.69. The number of para-hydroxylation sites is 3. The first-order valence-electron chi connectivity index (χ1n) is 10.2. The summed E-state index contributed by atoms with van der Waals surface area (Å²) in [5.41, 5.74) is 2.43. The summed E-state index contributed by atoms with van der Waals surface area (Å²) in [6.45, 7) is 3.05. The maximum atomic E-state index is 12.7. The summed E-state index contributed by atoms with van der Waals surface area (Å²) in [5, 5.41) is 6.75. The van der Waals surface area contributed by atoms with E-state index >= 15 is 0 Å². The Morgan fingerprint density at radius 1 is 0.968 bits per heavy atom. The molecule has 0 aromatic heterocycles. The highest BCUT2D eigenvalue weighted by atomic mass is 35.5. The molecule has 0 bridgehead atoms. The zero-order valence-electron chi connectivity index (χ0n) is 17.0. The van der Waals surface area contributed by atoms with E-state index in [0.29, 0.717) is 35.4 Å². The number of carbonyl (C=O) groups is 1. The first-order chi connectivity index (χ1) is 15.2. The SMILES string of the molecule is O=C(CNc1cc(Cl)ccc1N1CCOCC1)Nc1ccccc1Oc1ccccc1. The highest BCUT2D eigenvalue weighted by Crippen LogP contribution is 2.31. The summed E-state index contributed by atoms with van der Waals surface area (Å²) in [4.78, 5) is 14.9. The van der Waals surface area contributed by atoms with E-state index in [1.807, 2.05) is 72.8 Å². The van der Waals surface area contributed by atoms with Crippen LogP contribution in [0.3, 0.4) is 0 Å². The van der Waals surface area contributed by atoms with Crippen LogP contribution < -0.4 is 20.3 Å². The molecule has 0 unspecified atom stereocenters. The first-order valence-corrected chi connectivity index (χ1v) is 10.5. The Bertz CT molecular complexity index is 1020. The Kier molecular flexibility index (Phi) is 6.92. The second-order valence-electron chi connectivity index (χ2n) is 7.07. The number of morpholine rings is 1. The summed E-state index contributed by atoms with van der Waals surface area (Å²) in [7, 11) is 0. The van der Waals surface area contributed by atoms with Crippen molar-refractivity contribution in [1.82, 2.24) is 0 Å². The number of halogens is 1. The Morgan fingerprint density at radius 2 is 1.71 bits per heavy atom. The van der Waals surface area contributed by atoms with Gasteiger partial charge in [-0.2, -0.15) is 0 Å². The normalized spacial score (nSPS) is 13.5. The van der Waals surface area contributed by atoms with Crippen LogP contribution in [0.2, 0.25) is 5.02 Å². The van der Waals surface area contributed by atoms with Crippen molar-refractivity contribution < 1.29 is 14.3 Å². The van der Waals surface area contributed by atoms with Crippen molar-refractivity contribution in [2.75, 3.05) is 48.4 Å². The fraction of sp³-hybridized carbons (Fsp3) is 0.208. The number of anilines is 3. The number of nitrogens with zero attached hydrogens (tertiary/aromatic N) is 1. The number of benzene rings is 3. The Morgan fingerprint density at radius 3 is 2.52 bits per heavy atom. The second kappa shape index (κ2) is 10.2. The lowest BCUT2D eigenvalue weighted by molar-refractivity contribution is -0.114. The fourth-order valence-corrected chi connectivity index (χ4v) is 3.55. The maximum Gasteiger partial charge on any atom is 0.243 e. The van der Waals surface area contributed by atoms with Crippen LogP contribution in [0.15, 0.2) is 72.8 Å². The minimum absolute atomic E-state index is 0.0946. The van der Waals surface area contributed by atoms with E-state index in [0.717, 1.165) is 24.5 Å². The van der Waals surface area contributed by atoms with Crippen molar-refractivity contribution in [1.29, 1.82) is 0 Å². The third-order valence-electron chi connectivity index (χ3n) is 4.88. The molecule has 160 valence electrons. The highest BCUT2D eigenvalue weighted by molar-refractivity contribution is 6.31. The summed E-state index contributed by atoms with van der Waals surface area (Å²) in [6.07, 6.45) is 0. The number of amides is 1. The Labute approximate surface area is 186 Å². The van der Waals surface area contributed by atoms with E-state index in [1.54, 1.807) is 0 Å². The number of rotatable bonds is 7. The topological polar surface area (TPSA) is 62.8 Å². The molecule has 0 aliphatic carbocycles. The molecule has 6 nitrogen and oxygen atoms in total. The first kappa shape index (κ1) is 21.0. The average molecular weight is 438 g/mol. The lowest BCUT2D eigenvalue weighted by atomic mass is 10.2. The number of hydrogen-bond donors (Lipinski definition) is 2. The van der Waals surface area contributed by atoms with Crippen LogP contribution >= 0.6 is 11.6 Å². The van der Waals surface area contributed by atoms with Crippen molar-refractivity contribution >= 4 is 34.6 Å². The predicted molar refractivity (Wildman–Crippen MR) is 125 cm³/mol. The Hall–Kier alpha value is -3.22. The van der Waals surface area contributed by atoms with Gasteiger partial charge >= 0.3 is 0 Å². The van der Waals surface area contributed by atoms with E-state index in [2.05, 4.69) is 15.5 Å². The lowest BCUT2D eigenvalue weighted by Gasteiger charge is -2.30. The van der Waals surface area contributed by atoms with Gasteiger partial charge in [-0.05, 0) is 42.5 Å². The minimum Gasteiger partial charge on any atom is -0.455 e. The fourth-order valence-electron chi connectivity index (χ4n) is 3.37. The van der Waals surface area contributed by atoms with E-state index in [-0.39, 0.29) is 12.5 Å². The highest BCUT2D eigenvalue weighted by Gasteiger charge is 2.16. The molecule has 0 spiro atoms. The maximum absolute atomic E-state index is 12.7. The van der Waals surface area contributed by atoms with Gasteiger partial charge < -0.3 is 25.0 Å². The lowest BCUT2D eigenvalue weighted by Crippen LogP contribution is -2.36. The number of nitrogens with one attached hydrogen (secondary N) is 2. The number of carbonyl (C=O) groups excluding carboxylic acids is 1. The molecule has 3 aromatic carbocycles. The van der Waals surface area contributed by atoms with Crippen molar-refractivity contribution in [3.05, 3.63) is 77.8 Å². The molecule has 3 aromatic rings. The second-order valence-corrected chi connectivity index (χ2v) is 7.51. The molecular weight excluding hydrogens is 414 g/mol. The van der Waals surface area contributed by atoms with Crippen molar-refractivity contribution in [3.8, 4) is 11.5 Å². The van der Waals surface area contributed by atoms with Gasteiger partial charge in [-0.25, -0.2) is 0 Å². The molecule has 0 saturated carbocycles. The quantitative estimate of drug-likeness (QED) is 0.543. The van der Waals surface area contributed by atoms with Crippen LogP contribution in [-0.4, -0.2) is 38.8 Å². The van der Waals surface area contributed by atoms with Crippen LogP contribution in [0.25, 0.3) is 0 Å². The summed E-state index contributed by atoms with van der Waals surface area (Å²) < 4.78 is 11.4. The minimum atomic E-state index is -0.183. The zero-order chi connectivity index (χ0) is 21.5. The van der Waals surface area contributed by atoms with Crippen LogP contribution in [0.1, 0.15) is 0 Å². The summed E-state index contributed by atoms with van der Waals surface area (Å²) in [6, 6.07) is 22.5. The van der Waals surface area contributed by atoms with E-state index in [1.165, 1.54) is 0 Å². The predicted octanol–water partition coefficient (Wildman–Crippen LogP) is 5.02. The molecule has 1 aliphatic heterocycles. The van der Waals surface area contributed by atoms with Gasteiger partial charge in [-0.15, -0.1) is 0 Å². The molecule has 7 heteroatoms. The van der Waals surface area contributed by atoms with Gasteiger partial charge in [0.05, 0.1) is 36.8 Å². The molecule has 1 heterocycles. The zero-order valence-corrected chi connectivity index (χ0v) is 17.8. The van der Waals surface area contributed by atoms with Gasteiger partial charge in [-0.3, -0.25) is 4.79 Å². The van der Waals surface area contributed by atoms with Gasteiger partial charge in [0.15, 0.2) is 5.75 Å². The van der Waals surface area contributed by atoms with Crippen LogP contribution in [-0.2, 0) is 9.53 Å². The monoisotopic (exact) mass is 437 g/mol. The number of ether oxygens (including phenoxy) is 2. The van der Waals surface area contributed by atoms with E-state index < -0.39 is 0 Å². The van der Waals surface area contributed by atoms with Gasteiger partial charge in [0.2, 0.25) is 5.91 Å². The Balaban J connectivity index is 1.42. The molecule has 1 amide bonds. The molecule has 2 N–H and O–H groups in total. The van der Waals surface area contributed by atoms with Crippen molar-refractivity contribution in [2.24, 2.45) is 0 Å². The largest absolute Gasteiger partial charge is 0.455 e. The molecule has 1 saturated heterocycles. The van der Waals surface area contributed by atoms with E-state index in [9.17, 15) is 4.79 Å². The standard InChI is InChI=1S/C24H24ClN3O3/c25-18-10-11-22(28-12-14-30-15-13-28)21(16-18)26-17-24(29)27-20-8-4-5-9-23(20)31-19-6-2-1-3-7-19/h1-11,16,26H,12-15,17H2,(H,27,29). The van der Waals surface area contributed by atoms with Gasteiger partial charge in [0.25, 0.3) is 0 Å². The van der Waals surface area contributed by atoms with E-state index in [4.69, 9.17) is 21.1 Å². The van der Waals surface area contributed by atoms with Gasteiger partial charge in [0, 0.05) is 18.1 Å². The van der Waals surface area contributed by atoms with Crippen molar-refractivity contribution in [2.45, 2.75) is 0 Å². The van der Waals surface area contributed by atoms with Crippen LogP contribution in [0.4, 0.5) is 17.1 Å². The average Bonchev–Trinajstić information content (AvgIpc) is 2.80. The molecule has 0 atom stereocenters. The van der Waals surface area contributed by atoms with Gasteiger partial charge in [-0.1, -0.05) is 41.9 Å². The molecule has 0 radical (unpaired) electrons. The van der Waals surface area contributed by atoms with Crippen LogP contribution in [0.5, 0.6) is 11.5 Å². The summed E-state index contributed by atoms with van der Waals surface area (Å²) >= 11 is 6.20. The molecule has 1 fully saturated rings. The molecule has 4 rings (SSSR count). The third-order valence-corrected chi connectivity index (χ3v) is 5.12.